The van der Waals surface area contributed by atoms with E-state index in [0.717, 1.165) is 10.4 Å². The Hall–Kier alpha value is -4.18. The van der Waals surface area contributed by atoms with E-state index in [9.17, 15) is 9.59 Å². The third-order valence-corrected chi connectivity index (χ3v) is 6.03. The van der Waals surface area contributed by atoms with Crippen molar-refractivity contribution in [2.24, 2.45) is 0 Å². The number of aromatic nitrogens is 4. The number of amides is 1. The van der Waals surface area contributed by atoms with Gasteiger partial charge in [0.2, 0.25) is 18.6 Å². The summed E-state index contributed by atoms with van der Waals surface area (Å²) in [6.07, 6.45) is 3.09. The maximum Gasteiger partial charge on any atom is 0.255 e. The van der Waals surface area contributed by atoms with Crippen molar-refractivity contribution in [2.75, 3.05) is 12.1 Å². The van der Waals surface area contributed by atoms with E-state index in [4.69, 9.17) is 9.47 Å². The first kappa shape index (κ1) is 20.7. The molecule has 5 rings (SSSR count). The number of thiophene rings is 1. The van der Waals surface area contributed by atoms with Gasteiger partial charge in [0.05, 0.1) is 4.88 Å². The zero-order valence-corrected chi connectivity index (χ0v) is 18.6. The number of ether oxygens (including phenoxy) is 2. The fourth-order valence-corrected chi connectivity index (χ4v) is 3.94. The molecule has 0 saturated carbocycles. The van der Waals surface area contributed by atoms with Gasteiger partial charge in [0.1, 0.15) is 11.5 Å². The predicted molar refractivity (Wildman–Crippen MR) is 125 cm³/mol. The van der Waals surface area contributed by atoms with Gasteiger partial charge in [-0.05, 0) is 49.1 Å². The summed E-state index contributed by atoms with van der Waals surface area (Å²) in [6.45, 7) is 3.65. The van der Waals surface area contributed by atoms with Gasteiger partial charge in [-0.2, -0.15) is 9.78 Å². The van der Waals surface area contributed by atoms with E-state index in [-0.39, 0.29) is 24.2 Å². The fourth-order valence-electron chi connectivity index (χ4n) is 3.26. The van der Waals surface area contributed by atoms with Crippen molar-refractivity contribution < 1.29 is 14.3 Å². The average Bonchev–Trinajstić information content (AvgIpc) is 3.56. The Morgan fingerprint density at radius 1 is 1.21 bits per heavy atom. The molecule has 10 heteroatoms. The predicted octanol–water partition coefficient (Wildman–Crippen LogP) is 3.68. The number of benzene rings is 1. The largest absolute Gasteiger partial charge is 0.454 e. The number of hydrogen-bond acceptors (Lipinski definition) is 7. The Balaban J connectivity index is 1.45. The molecule has 0 aliphatic carbocycles. The van der Waals surface area contributed by atoms with E-state index in [1.54, 1.807) is 38.1 Å². The van der Waals surface area contributed by atoms with Gasteiger partial charge in [0.15, 0.2) is 11.5 Å². The van der Waals surface area contributed by atoms with Crippen molar-refractivity contribution in [3.05, 3.63) is 75.0 Å². The standard InChI is InChI=1S/C23H19N5O4S/c1-13-14(2)24-23(26-22(13)30)28-20(11-16(27-28)19-4-3-9-33-19)25-21(29)8-6-15-5-7-17-18(10-15)32-12-31-17/h3-11H,12H2,1-2H3,(H,25,29)(H,24,26,30)/b8-6-. The number of carbonyl (C=O) groups is 1. The first-order valence-electron chi connectivity index (χ1n) is 10.1. The zero-order valence-electron chi connectivity index (χ0n) is 17.8. The molecule has 0 bridgehead atoms. The Morgan fingerprint density at radius 2 is 2.06 bits per heavy atom. The lowest BCUT2D eigenvalue weighted by Gasteiger charge is -2.08. The van der Waals surface area contributed by atoms with Gasteiger partial charge >= 0.3 is 0 Å². The monoisotopic (exact) mass is 461 g/mol. The van der Waals surface area contributed by atoms with Crippen LogP contribution in [0.4, 0.5) is 5.82 Å². The number of H-pyrrole nitrogens is 1. The van der Waals surface area contributed by atoms with Crippen molar-refractivity contribution >= 4 is 29.1 Å². The number of aryl methyl sites for hydroxylation is 1. The Labute approximate surface area is 192 Å². The lowest BCUT2D eigenvalue weighted by Crippen LogP contribution is -2.20. The minimum atomic E-state index is -0.363. The zero-order chi connectivity index (χ0) is 22.9. The molecule has 0 saturated heterocycles. The molecule has 0 radical (unpaired) electrons. The lowest BCUT2D eigenvalue weighted by atomic mass is 10.2. The third-order valence-electron chi connectivity index (χ3n) is 5.14. The average molecular weight is 462 g/mol. The topological polar surface area (TPSA) is 111 Å². The van der Waals surface area contributed by atoms with Crippen molar-refractivity contribution in [3.63, 3.8) is 0 Å². The summed E-state index contributed by atoms with van der Waals surface area (Å²) in [6, 6.07) is 11.0. The van der Waals surface area contributed by atoms with Gasteiger partial charge in [-0.3, -0.25) is 14.6 Å². The second-order valence-electron chi connectivity index (χ2n) is 7.34. The van der Waals surface area contributed by atoms with Gasteiger partial charge in [-0.1, -0.05) is 12.1 Å². The Bertz CT molecular complexity index is 1440. The maximum atomic E-state index is 12.7. The molecule has 0 spiro atoms. The van der Waals surface area contributed by atoms with Crippen LogP contribution in [0.1, 0.15) is 16.8 Å². The van der Waals surface area contributed by atoms with Crippen LogP contribution in [0.5, 0.6) is 11.5 Å². The number of rotatable bonds is 5. The number of carbonyl (C=O) groups excluding carboxylic acids is 1. The van der Waals surface area contributed by atoms with Crippen LogP contribution in [0, 0.1) is 13.8 Å². The number of anilines is 1. The highest BCUT2D eigenvalue weighted by atomic mass is 32.1. The highest BCUT2D eigenvalue weighted by molar-refractivity contribution is 7.13. The molecule has 4 aromatic rings. The summed E-state index contributed by atoms with van der Waals surface area (Å²) < 4.78 is 12.1. The van der Waals surface area contributed by atoms with Gasteiger partial charge in [-0.15, -0.1) is 11.3 Å². The van der Waals surface area contributed by atoms with E-state index in [2.05, 4.69) is 20.4 Å². The molecule has 1 aliphatic heterocycles. The summed E-state index contributed by atoms with van der Waals surface area (Å²) in [5.41, 5.74) is 2.30. The van der Waals surface area contributed by atoms with Crippen LogP contribution in [0.25, 0.3) is 22.6 Å². The first-order chi connectivity index (χ1) is 16.0. The van der Waals surface area contributed by atoms with E-state index in [0.29, 0.717) is 34.3 Å². The third kappa shape index (κ3) is 4.15. The summed E-state index contributed by atoms with van der Waals surface area (Å²) in [7, 11) is 0. The van der Waals surface area contributed by atoms with Gasteiger partial charge in [0, 0.05) is 23.4 Å². The van der Waals surface area contributed by atoms with Gasteiger partial charge in [-0.25, -0.2) is 4.98 Å². The molecular formula is C23H19N5O4S. The highest BCUT2D eigenvalue weighted by Crippen LogP contribution is 2.33. The molecule has 1 aromatic carbocycles. The summed E-state index contributed by atoms with van der Waals surface area (Å²) in [5.74, 6) is 1.56. The van der Waals surface area contributed by atoms with Crippen LogP contribution in [-0.2, 0) is 4.79 Å². The van der Waals surface area contributed by atoms with Crippen LogP contribution in [0.15, 0.2) is 52.6 Å². The van der Waals surface area contributed by atoms with Crippen LogP contribution in [0.3, 0.4) is 0 Å². The number of nitrogens with one attached hydrogen (secondary N) is 2. The Kier molecular flexibility index (Phi) is 5.27. The van der Waals surface area contributed by atoms with E-state index in [1.165, 1.54) is 22.1 Å². The van der Waals surface area contributed by atoms with Gasteiger partial charge in [0.25, 0.3) is 5.56 Å². The maximum absolute atomic E-state index is 12.7. The summed E-state index contributed by atoms with van der Waals surface area (Å²) >= 11 is 1.52. The minimum Gasteiger partial charge on any atom is -0.454 e. The van der Waals surface area contributed by atoms with Crippen molar-refractivity contribution in [1.29, 1.82) is 0 Å². The lowest BCUT2D eigenvalue weighted by molar-refractivity contribution is -0.111. The molecule has 3 aromatic heterocycles. The minimum absolute atomic E-state index is 0.189. The first-order valence-corrected chi connectivity index (χ1v) is 11.0. The number of nitrogens with zero attached hydrogens (tertiary/aromatic N) is 3. The molecule has 1 amide bonds. The Morgan fingerprint density at radius 3 is 2.85 bits per heavy atom. The van der Waals surface area contributed by atoms with E-state index >= 15 is 0 Å². The molecule has 2 N–H and O–H groups in total. The number of aromatic amines is 1. The normalized spacial score (nSPS) is 12.4. The smallest absolute Gasteiger partial charge is 0.255 e. The van der Waals surface area contributed by atoms with Crippen molar-refractivity contribution in [1.82, 2.24) is 19.7 Å². The molecular weight excluding hydrogens is 442 g/mol. The van der Waals surface area contributed by atoms with Crippen molar-refractivity contribution in [3.8, 4) is 28.0 Å². The van der Waals surface area contributed by atoms with Crippen LogP contribution in [-0.4, -0.2) is 32.4 Å². The number of fused-ring (bicyclic) bond motifs is 1. The molecule has 4 heterocycles. The van der Waals surface area contributed by atoms with E-state index in [1.807, 2.05) is 23.6 Å². The van der Waals surface area contributed by atoms with Crippen molar-refractivity contribution in [2.45, 2.75) is 13.8 Å². The molecule has 0 unspecified atom stereocenters. The molecule has 166 valence electrons. The molecule has 33 heavy (non-hydrogen) atoms. The fraction of sp³-hybridized carbons (Fsp3) is 0.130. The van der Waals surface area contributed by atoms with E-state index < -0.39 is 0 Å². The van der Waals surface area contributed by atoms with Crippen LogP contribution in [0.2, 0.25) is 0 Å². The van der Waals surface area contributed by atoms with Crippen LogP contribution >= 0.6 is 11.3 Å². The number of hydrogen-bond donors (Lipinski definition) is 2. The van der Waals surface area contributed by atoms with Gasteiger partial charge < -0.3 is 14.8 Å². The molecule has 0 fully saturated rings. The molecule has 9 nitrogen and oxygen atoms in total. The quantitative estimate of drug-likeness (QED) is 0.439. The molecule has 0 atom stereocenters. The summed E-state index contributed by atoms with van der Waals surface area (Å²) in [5, 5.41) is 9.34. The second-order valence-corrected chi connectivity index (χ2v) is 8.29. The second kappa shape index (κ2) is 8.40. The SMILES string of the molecule is Cc1nc(-n2nc(-c3cccs3)cc2NC(=O)/C=C\c2ccc3c(c2)OCO3)[nH]c(=O)c1C. The summed E-state index contributed by atoms with van der Waals surface area (Å²) in [4.78, 5) is 33.1. The van der Waals surface area contributed by atoms with Crippen LogP contribution < -0.4 is 20.3 Å². The molecule has 1 aliphatic rings. The highest BCUT2D eigenvalue weighted by Gasteiger charge is 2.17.